The van der Waals surface area contributed by atoms with E-state index in [0.717, 1.165) is 10.4 Å². The molecule has 2 rings (SSSR count). The number of carbonyl (C=O) groups excluding carboxylic acids is 1. The molecular weight excluding hydrogens is 361 g/mol. The number of primary amides is 1. The molecule has 1 amide bonds. The number of carbonyl (C=O) groups is 1. The van der Waals surface area contributed by atoms with E-state index in [1.165, 1.54) is 6.92 Å². The summed E-state index contributed by atoms with van der Waals surface area (Å²) in [6.45, 7) is 7.07. The number of ether oxygens (including phenoxy) is 1. The van der Waals surface area contributed by atoms with Crippen molar-refractivity contribution >= 4 is 24.8 Å². The maximum Gasteiger partial charge on any atom is 0.404 e. The molecule has 0 aliphatic rings. The van der Waals surface area contributed by atoms with E-state index in [1.54, 1.807) is 0 Å². The summed E-state index contributed by atoms with van der Waals surface area (Å²) in [6, 6.07) is 20.0. The highest BCUT2D eigenvalue weighted by Crippen LogP contribution is 2.37. The topological polar surface area (TPSA) is 61.6 Å². The highest BCUT2D eigenvalue weighted by molar-refractivity contribution is 6.99. The molecular formula is C21H28FNO3Si. The van der Waals surface area contributed by atoms with Gasteiger partial charge in [-0.2, -0.15) is 0 Å². The SMILES string of the molecule is CC(C)(C)[Si](OC[C@@](C)(F)COC(N)=O)(c1ccccc1)c1ccccc1. The van der Waals surface area contributed by atoms with Gasteiger partial charge >= 0.3 is 6.09 Å². The van der Waals surface area contributed by atoms with E-state index >= 15 is 0 Å². The monoisotopic (exact) mass is 389 g/mol. The molecule has 2 aromatic rings. The lowest BCUT2D eigenvalue weighted by atomic mass is 10.2. The van der Waals surface area contributed by atoms with Crippen LogP contribution >= 0.6 is 0 Å². The van der Waals surface area contributed by atoms with Crippen LogP contribution in [0.4, 0.5) is 9.18 Å². The first-order chi connectivity index (χ1) is 12.6. The van der Waals surface area contributed by atoms with Crippen LogP contribution in [0, 0.1) is 0 Å². The summed E-state index contributed by atoms with van der Waals surface area (Å²) in [6.07, 6.45) is -0.996. The van der Waals surface area contributed by atoms with Gasteiger partial charge in [-0.1, -0.05) is 81.4 Å². The van der Waals surface area contributed by atoms with Crippen LogP contribution in [0.3, 0.4) is 0 Å². The van der Waals surface area contributed by atoms with Gasteiger partial charge in [-0.25, -0.2) is 9.18 Å². The molecule has 0 spiro atoms. The van der Waals surface area contributed by atoms with E-state index in [9.17, 15) is 9.18 Å². The van der Waals surface area contributed by atoms with Gasteiger partial charge in [0.1, 0.15) is 6.61 Å². The molecule has 0 fully saturated rings. The summed E-state index contributed by atoms with van der Waals surface area (Å²) < 4.78 is 26.1. The van der Waals surface area contributed by atoms with Gasteiger partial charge < -0.3 is 14.9 Å². The summed E-state index contributed by atoms with van der Waals surface area (Å²) in [5, 5.41) is 1.88. The van der Waals surface area contributed by atoms with E-state index < -0.39 is 26.7 Å². The minimum absolute atomic E-state index is 0.201. The van der Waals surface area contributed by atoms with Crippen molar-refractivity contribution in [2.75, 3.05) is 13.2 Å². The van der Waals surface area contributed by atoms with Gasteiger partial charge in [0.05, 0.1) is 6.61 Å². The first kappa shape index (κ1) is 21.1. The summed E-state index contributed by atoms with van der Waals surface area (Å²) in [4.78, 5) is 10.9. The highest BCUT2D eigenvalue weighted by Gasteiger charge is 2.51. The first-order valence-corrected chi connectivity index (χ1v) is 10.9. The van der Waals surface area contributed by atoms with Crippen molar-refractivity contribution in [1.29, 1.82) is 0 Å². The molecule has 0 saturated heterocycles. The van der Waals surface area contributed by atoms with Gasteiger partial charge in [0.2, 0.25) is 0 Å². The molecule has 0 heterocycles. The molecule has 0 radical (unpaired) electrons. The first-order valence-electron chi connectivity index (χ1n) is 8.95. The second-order valence-electron chi connectivity index (χ2n) is 7.97. The van der Waals surface area contributed by atoms with Gasteiger partial charge in [-0.15, -0.1) is 0 Å². The fourth-order valence-electron chi connectivity index (χ4n) is 3.28. The Hall–Kier alpha value is -2.18. The predicted molar refractivity (Wildman–Crippen MR) is 109 cm³/mol. The van der Waals surface area contributed by atoms with Crippen LogP contribution in [0.2, 0.25) is 5.04 Å². The highest BCUT2D eigenvalue weighted by atomic mass is 28.4. The van der Waals surface area contributed by atoms with Crippen molar-refractivity contribution in [2.24, 2.45) is 5.73 Å². The number of hydrogen-bond donors (Lipinski definition) is 1. The minimum atomic E-state index is -2.83. The average molecular weight is 390 g/mol. The minimum Gasteiger partial charge on any atom is -0.446 e. The summed E-state index contributed by atoms with van der Waals surface area (Å²) in [7, 11) is -2.83. The molecule has 0 aliphatic carbocycles. The van der Waals surface area contributed by atoms with E-state index in [-0.39, 0.29) is 11.6 Å². The molecule has 4 nitrogen and oxygen atoms in total. The van der Waals surface area contributed by atoms with Crippen LogP contribution in [0.15, 0.2) is 60.7 Å². The average Bonchev–Trinajstić information content (AvgIpc) is 2.61. The lowest BCUT2D eigenvalue weighted by Gasteiger charge is -2.44. The molecule has 0 bridgehead atoms. The number of rotatable bonds is 7. The van der Waals surface area contributed by atoms with E-state index in [2.05, 4.69) is 25.5 Å². The van der Waals surface area contributed by atoms with E-state index in [1.807, 2.05) is 60.7 Å². The van der Waals surface area contributed by atoms with Crippen molar-refractivity contribution in [3.63, 3.8) is 0 Å². The largest absolute Gasteiger partial charge is 0.446 e. The third kappa shape index (κ3) is 4.96. The summed E-state index contributed by atoms with van der Waals surface area (Å²) in [5.41, 5.74) is 3.13. The molecule has 0 unspecified atom stereocenters. The number of amides is 1. The van der Waals surface area contributed by atoms with Gasteiger partial charge in [0.25, 0.3) is 8.32 Å². The van der Waals surface area contributed by atoms with Gasteiger partial charge in [0, 0.05) is 0 Å². The Morgan fingerprint density at radius 3 is 1.74 bits per heavy atom. The number of hydrogen-bond acceptors (Lipinski definition) is 3. The predicted octanol–water partition coefficient (Wildman–Crippen LogP) is 3.39. The Morgan fingerprint density at radius 1 is 0.926 bits per heavy atom. The standard InChI is InChI=1S/C21H28FNO3Si/c1-20(2,3)27(17-11-7-5-8-12-17,18-13-9-6-10-14-18)26-16-21(4,22)15-25-19(23)24/h5-14H,15-16H2,1-4H3,(H2,23,24)/t21-/m0/s1. The molecule has 2 aromatic carbocycles. The van der Waals surface area contributed by atoms with Gasteiger partial charge in [-0.05, 0) is 22.3 Å². The molecule has 146 valence electrons. The summed E-state index contributed by atoms with van der Waals surface area (Å²) >= 11 is 0. The Labute approximate surface area is 161 Å². The lowest BCUT2D eigenvalue weighted by Crippen LogP contribution is -2.67. The van der Waals surface area contributed by atoms with Gasteiger partial charge in [0.15, 0.2) is 5.67 Å². The smallest absolute Gasteiger partial charge is 0.404 e. The van der Waals surface area contributed by atoms with Crippen molar-refractivity contribution in [3.05, 3.63) is 60.7 Å². The number of benzene rings is 2. The van der Waals surface area contributed by atoms with Crippen LogP contribution in [-0.2, 0) is 9.16 Å². The molecule has 1 atom stereocenters. The Bertz CT molecular complexity index is 706. The van der Waals surface area contributed by atoms with Crippen molar-refractivity contribution in [1.82, 2.24) is 0 Å². The van der Waals surface area contributed by atoms with E-state index in [4.69, 9.17) is 10.2 Å². The molecule has 27 heavy (non-hydrogen) atoms. The van der Waals surface area contributed by atoms with Crippen molar-refractivity contribution in [2.45, 2.75) is 38.4 Å². The van der Waals surface area contributed by atoms with Crippen LogP contribution in [-0.4, -0.2) is 33.3 Å². The Morgan fingerprint density at radius 2 is 1.37 bits per heavy atom. The maximum atomic E-state index is 15.0. The fourth-order valence-corrected chi connectivity index (χ4v) is 7.96. The zero-order chi connectivity index (χ0) is 20.1. The second-order valence-corrected chi connectivity index (χ2v) is 12.3. The zero-order valence-corrected chi connectivity index (χ0v) is 17.4. The molecule has 0 aliphatic heterocycles. The van der Waals surface area contributed by atoms with Crippen molar-refractivity contribution < 1.29 is 18.3 Å². The van der Waals surface area contributed by atoms with Crippen LogP contribution in [0.5, 0.6) is 0 Å². The number of nitrogens with two attached hydrogens (primary N) is 1. The Kier molecular flexibility index (Phi) is 6.44. The normalized spacial score (nSPS) is 14.4. The fraction of sp³-hybridized carbons (Fsp3) is 0.381. The number of halogens is 1. The summed E-state index contributed by atoms with van der Waals surface area (Å²) in [5.74, 6) is 0. The zero-order valence-electron chi connectivity index (χ0n) is 16.4. The molecule has 0 aromatic heterocycles. The number of alkyl halides is 1. The third-order valence-corrected chi connectivity index (χ3v) is 9.50. The van der Waals surface area contributed by atoms with Crippen LogP contribution in [0.1, 0.15) is 27.7 Å². The quantitative estimate of drug-likeness (QED) is 0.739. The third-order valence-electron chi connectivity index (χ3n) is 4.52. The molecule has 2 N–H and O–H groups in total. The maximum absolute atomic E-state index is 15.0. The second kappa shape index (κ2) is 8.23. The lowest BCUT2D eigenvalue weighted by molar-refractivity contribution is 0.0267. The van der Waals surface area contributed by atoms with Crippen LogP contribution < -0.4 is 16.1 Å². The molecule has 6 heteroatoms. The van der Waals surface area contributed by atoms with E-state index in [0.29, 0.717) is 0 Å². The van der Waals surface area contributed by atoms with Crippen molar-refractivity contribution in [3.8, 4) is 0 Å². The Balaban J connectivity index is 2.48. The van der Waals surface area contributed by atoms with Crippen LogP contribution in [0.25, 0.3) is 0 Å². The molecule has 0 saturated carbocycles. The van der Waals surface area contributed by atoms with Gasteiger partial charge in [-0.3, -0.25) is 0 Å².